The highest BCUT2D eigenvalue weighted by Gasteiger charge is 2.52. The first-order valence-electron chi connectivity index (χ1n) is 12.1. The van der Waals surface area contributed by atoms with Crippen LogP contribution in [-0.4, -0.2) is 80.4 Å². The molecule has 2 saturated carbocycles. The molecule has 4 unspecified atom stereocenters. The minimum Gasteiger partial charge on any atom is -0.378 e. The average Bonchev–Trinajstić information content (AvgIpc) is 2.99. The number of alkyl halides is 1. The van der Waals surface area contributed by atoms with Crippen LogP contribution >= 0.6 is 0 Å². The Labute approximate surface area is 175 Å². The number of ether oxygens (including phenoxy) is 3. The normalized spacial score (nSPS) is 49.7. The number of nitrogens with one attached hydrogen (secondary N) is 1. The second-order valence-electron chi connectivity index (χ2n) is 10.3. The third-order valence-corrected chi connectivity index (χ3v) is 8.62. The molecule has 166 valence electrons. The van der Waals surface area contributed by atoms with E-state index in [1.54, 1.807) is 0 Å². The second-order valence-corrected chi connectivity index (χ2v) is 10.3. The Morgan fingerprint density at radius 3 is 2.69 bits per heavy atom. The molecule has 4 saturated heterocycles. The topological polar surface area (TPSA) is 43.0 Å². The molecule has 6 aliphatic rings. The van der Waals surface area contributed by atoms with Crippen molar-refractivity contribution in [3.63, 3.8) is 0 Å². The molecule has 0 aromatic carbocycles. The van der Waals surface area contributed by atoms with Crippen LogP contribution in [0.3, 0.4) is 0 Å². The molecular weight excluding hydrogens is 371 g/mol. The zero-order valence-electron chi connectivity index (χ0n) is 18.0. The van der Waals surface area contributed by atoms with Crippen molar-refractivity contribution in [1.82, 2.24) is 10.2 Å². The van der Waals surface area contributed by atoms with E-state index in [0.29, 0.717) is 43.1 Å². The lowest BCUT2D eigenvalue weighted by Gasteiger charge is -2.42. The van der Waals surface area contributed by atoms with Crippen LogP contribution < -0.4 is 5.32 Å². The zero-order chi connectivity index (χ0) is 19.8. The van der Waals surface area contributed by atoms with Crippen LogP contribution in [0.1, 0.15) is 58.3 Å². The highest BCUT2D eigenvalue weighted by atomic mass is 19.1. The van der Waals surface area contributed by atoms with Crippen molar-refractivity contribution in [3.05, 3.63) is 0 Å². The molecule has 0 aromatic rings. The molecule has 0 amide bonds. The van der Waals surface area contributed by atoms with Gasteiger partial charge in [0.05, 0.1) is 50.2 Å². The van der Waals surface area contributed by atoms with Gasteiger partial charge in [0.25, 0.3) is 0 Å². The fourth-order valence-corrected chi connectivity index (χ4v) is 7.14. The van der Waals surface area contributed by atoms with E-state index < -0.39 is 6.17 Å². The maximum atomic E-state index is 14.9. The summed E-state index contributed by atoms with van der Waals surface area (Å²) in [6.45, 7) is 6.99. The van der Waals surface area contributed by atoms with Gasteiger partial charge in [-0.3, -0.25) is 4.90 Å². The monoisotopic (exact) mass is 410 g/mol. The van der Waals surface area contributed by atoms with Crippen LogP contribution in [0.2, 0.25) is 0 Å². The van der Waals surface area contributed by atoms with Gasteiger partial charge in [0.1, 0.15) is 6.17 Å². The Morgan fingerprint density at radius 1 is 1.03 bits per heavy atom. The standard InChI is InChI=1S/C23H39FN2O3/c1-16-13-23(15-27-11-9-25-23)21-14-29-18-7-5-17(6-8-18)19-3-2-4-20(24)22(19)28-12-10-26(16)21/h16-22,25H,2-15H2,1H3/t16?,17?,18?,19-,20?,21+,22?,23?/m1/s1. The van der Waals surface area contributed by atoms with Crippen LogP contribution in [0.4, 0.5) is 4.39 Å². The number of nitrogens with zero attached hydrogens (tertiary/aromatic N) is 1. The number of halogens is 1. The zero-order valence-corrected chi connectivity index (χ0v) is 18.0. The summed E-state index contributed by atoms with van der Waals surface area (Å²) in [5.74, 6) is 1.00. The molecule has 0 radical (unpaired) electrons. The van der Waals surface area contributed by atoms with Gasteiger partial charge in [-0.1, -0.05) is 6.42 Å². The lowest BCUT2D eigenvalue weighted by Crippen LogP contribution is -2.63. The minimum absolute atomic E-state index is 0.0228. The molecule has 5 nitrogen and oxygen atoms in total. The van der Waals surface area contributed by atoms with Crippen LogP contribution in [0.5, 0.6) is 0 Å². The van der Waals surface area contributed by atoms with Crippen molar-refractivity contribution in [1.29, 1.82) is 0 Å². The number of morpholine rings is 1. The highest BCUT2D eigenvalue weighted by Crippen LogP contribution is 2.42. The number of rotatable bonds is 0. The summed E-state index contributed by atoms with van der Waals surface area (Å²) < 4.78 is 33.7. The van der Waals surface area contributed by atoms with E-state index in [4.69, 9.17) is 14.2 Å². The third-order valence-electron chi connectivity index (χ3n) is 8.62. The van der Waals surface area contributed by atoms with Crippen LogP contribution in [0.25, 0.3) is 0 Å². The van der Waals surface area contributed by atoms with Gasteiger partial charge in [-0.2, -0.15) is 0 Å². The first kappa shape index (κ1) is 20.6. The fourth-order valence-electron chi connectivity index (χ4n) is 7.14. The smallest absolute Gasteiger partial charge is 0.126 e. The molecule has 2 bridgehead atoms. The quantitative estimate of drug-likeness (QED) is 0.665. The molecule has 0 aromatic heterocycles. The van der Waals surface area contributed by atoms with E-state index in [2.05, 4.69) is 17.1 Å². The summed E-state index contributed by atoms with van der Waals surface area (Å²) >= 11 is 0. The van der Waals surface area contributed by atoms with Crippen molar-refractivity contribution < 1.29 is 18.6 Å². The summed E-state index contributed by atoms with van der Waals surface area (Å²) in [5.41, 5.74) is -0.0228. The first-order valence-corrected chi connectivity index (χ1v) is 12.1. The number of hydrogen-bond acceptors (Lipinski definition) is 5. The molecule has 4 heterocycles. The molecule has 1 spiro atoms. The van der Waals surface area contributed by atoms with E-state index in [-0.39, 0.29) is 11.6 Å². The Hall–Kier alpha value is -0.270. The molecule has 1 N–H and O–H groups in total. The predicted molar refractivity (Wildman–Crippen MR) is 110 cm³/mol. The van der Waals surface area contributed by atoms with Gasteiger partial charge in [-0.05, 0) is 63.7 Å². The van der Waals surface area contributed by atoms with Crippen LogP contribution in [0, 0.1) is 11.8 Å². The summed E-state index contributed by atoms with van der Waals surface area (Å²) in [6, 6.07) is 0.745. The predicted octanol–water partition coefficient (Wildman–Crippen LogP) is 2.92. The van der Waals surface area contributed by atoms with Gasteiger partial charge < -0.3 is 19.5 Å². The maximum Gasteiger partial charge on any atom is 0.126 e. The fraction of sp³-hybridized carbons (Fsp3) is 1.00. The molecule has 2 aliphatic carbocycles. The second kappa shape index (κ2) is 8.70. The summed E-state index contributed by atoms with van der Waals surface area (Å²) in [4.78, 5) is 2.55. The van der Waals surface area contributed by atoms with Crippen molar-refractivity contribution >= 4 is 0 Å². The van der Waals surface area contributed by atoms with E-state index >= 15 is 0 Å². The van der Waals surface area contributed by atoms with Crippen molar-refractivity contribution in [2.45, 2.75) is 94.3 Å². The van der Waals surface area contributed by atoms with Gasteiger partial charge in [-0.25, -0.2) is 4.39 Å². The van der Waals surface area contributed by atoms with E-state index in [1.165, 1.54) is 12.8 Å². The Balaban J connectivity index is 1.37. The summed E-state index contributed by atoms with van der Waals surface area (Å²) in [6.07, 6.45) is 7.82. The first-order chi connectivity index (χ1) is 14.2. The Bertz CT molecular complexity index is 550. The van der Waals surface area contributed by atoms with Crippen molar-refractivity contribution in [2.75, 3.05) is 39.5 Å². The lowest BCUT2D eigenvalue weighted by molar-refractivity contribution is -0.0864. The van der Waals surface area contributed by atoms with Gasteiger partial charge in [0.15, 0.2) is 0 Å². The Morgan fingerprint density at radius 2 is 1.90 bits per heavy atom. The van der Waals surface area contributed by atoms with Gasteiger partial charge in [0.2, 0.25) is 0 Å². The highest BCUT2D eigenvalue weighted by molar-refractivity contribution is 5.10. The minimum atomic E-state index is -0.792. The molecule has 6 atom stereocenters. The SMILES string of the molecule is CC1CC2(COCCN2)[C@@H]2COC3CCC(CC3)[C@H]3CCCC(F)C3OCCN12. The van der Waals surface area contributed by atoms with E-state index in [9.17, 15) is 4.39 Å². The van der Waals surface area contributed by atoms with Crippen molar-refractivity contribution in [3.8, 4) is 0 Å². The van der Waals surface area contributed by atoms with Gasteiger partial charge >= 0.3 is 0 Å². The van der Waals surface area contributed by atoms with E-state index in [0.717, 1.165) is 65.0 Å². The summed E-state index contributed by atoms with van der Waals surface area (Å²) in [5, 5.41) is 3.80. The molecule has 6 rings (SSSR count). The van der Waals surface area contributed by atoms with E-state index in [1.807, 2.05) is 0 Å². The molecule has 6 heteroatoms. The Kier molecular flexibility index (Phi) is 6.18. The molecule has 6 fully saturated rings. The molecular formula is C23H39FN2O3. The third kappa shape index (κ3) is 4.00. The maximum absolute atomic E-state index is 14.9. The summed E-state index contributed by atoms with van der Waals surface area (Å²) in [7, 11) is 0. The lowest BCUT2D eigenvalue weighted by atomic mass is 9.71. The van der Waals surface area contributed by atoms with Crippen LogP contribution in [-0.2, 0) is 14.2 Å². The average molecular weight is 411 g/mol. The van der Waals surface area contributed by atoms with Gasteiger partial charge in [0, 0.05) is 19.1 Å². The van der Waals surface area contributed by atoms with Crippen LogP contribution in [0.15, 0.2) is 0 Å². The largest absolute Gasteiger partial charge is 0.378 e. The molecule has 29 heavy (non-hydrogen) atoms. The molecule has 4 aliphatic heterocycles. The van der Waals surface area contributed by atoms with Crippen molar-refractivity contribution in [2.24, 2.45) is 11.8 Å². The number of fused-ring (bicyclic) bond motifs is 5. The number of hydrogen-bond donors (Lipinski definition) is 1. The van der Waals surface area contributed by atoms with Gasteiger partial charge in [-0.15, -0.1) is 0 Å².